The smallest absolute Gasteiger partial charge is 0.418 e. The molecule has 3 aromatic rings. The van der Waals surface area contributed by atoms with Gasteiger partial charge in [0, 0.05) is 18.2 Å². The van der Waals surface area contributed by atoms with Gasteiger partial charge in [0.2, 0.25) is 6.20 Å². The van der Waals surface area contributed by atoms with Crippen LogP contribution in [0.1, 0.15) is 38.8 Å². The SMILES string of the molecule is CC1(C)C(CC(=O)/C(=N\OC(COc2ccc(-c3cn(CCCN)[n+](CCCN)c3)cc2)C(=O)O)c2csc(N)n2)C(=O)N1OS(=O)(=O)O. The number of aromatic nitrogens is 3. The number of hydroxylamine groups is 2. The molecule has 20 heteroatoms. The lowest BCUT2D eigenvalue weighted by Crippen LogP contribution is -2.68. The van der Waals surface area contributed by atoms with Gasteiger partial charge in [-0.2, -0.15) is 18.2 Å². The number of hydrogen-bond acceptors (Lipinski definition) is 14. The van der Waals surface area contributed by atoms with Crippen molar-refractivity contribution in [2.24, 2.45) is 22.5 Å². The maximum Gasteiger partial charge on any atom is 0.418 e. The number of nitrogens with two attached hydrogens (primary N) is 3. The first-order valence-corrected chi connectivity index (χ1v) is 17.3. The van der Waals surface area contributed by atoms with Gasteiger partial charge >= 0.3 is 16.4 Å². The van der Waals surface area contributed by atoms with Gasteiger partial charge in [0.05, 0.1) is 29.8 Å². The number of oxime groups is 1. The summed E-state index contributed by atoms with van der Waals surface area (Å²) in [5.41, 5.74) is 17.2. The molecule has 2 unspecified atom stereocenters. The average molecular weight is 724 g/mol. The molecule has 1 aliphatic rings. The summed E-state index contributed by atoms with van der Waals surface area (Å²) in [7, 11) is -4.99. The van der Waals surface area contributed by atoms with Gasteiger partial charge < -0.3 is 31.9 Å². The van der Waals surface area contributed by atoms with Crippen LogP contribution in [0.25, 0.3) is 11.1 Å². The minimum Gasteiger partial charge on any atom is -0.489 e. The number of carboxylic acids is 1. The van der Waals surface area contributed by atoms with Crippen LogP contribution in [0.3, 0.4) is 0 Å². The maximum absolute atomic E-state index is 13.4. The number of carbonyl (C=O) groups excluding carboxylic acids is 2. The number of ketones is 1. The predicted octanol–water partition coefficient (Wildman–Crippen LogP) is 0.362. The summed E-state index contributed by atoms with van der Waals surface area (Å²) in [6.45, 7) is 5.01. The number of aliphatic carboxylic acids is 1. The Bertz CT molecular complexity index is 1760. The predicted molar refractivity (Wildman–Crippen MR) is 175 cm³/mol. The molecule has 0 bridgehead atoms. The number of rotatable bonds is 19. The molecule has 2 atom stereocenters. The fraction of sp³-hybridized carbons (Fsp3) is 0.448. The largest absolute Gasteiger partial charge is 0.489 e. The fourth-order valence-electron chi connectivity index (χ4n) is 5.01. The summed E-state index contributed by atoms with van der Waals surface area (Å²) >= 11 is 0.987. The molecule has 49 heavy (non-hydrogen) atoms. The highest BCUT2D eigenvalue weighted by atomic mass is 32.3. The highest BCUT2D eigenvalue weighted by Crippen LogP contribution is 2.40. The zero-order valence-electron chi connectivity index (χ0n) is 26.8. The van der Waals surface area contributed by atoms with Crippen molar-refractivity contribution in [3.05, 3.63) is 47.7 Å². The van der Waals surface area contributed by atoms with E-state index in [1.54, 1.807) is 12.1 Å². The van der Waals surface area contributed by atoms with E-state index in [1.807, 2.05) is 24.5 Å². The van der Waals surface area contributed by atoms with Gasteiger partial charge in [-0.15, -0.1) is 20.3 Å². The van der Waals surface area contributed by atoms with Crippen LogP contribution < -0.4 is 26.6 Å². The topological polar surface area (TPSA) is 269 Å². The van der Waals surface area contributed by atoms with E-state index in [-0.39, 0.29) is 10.8 Å². The minimum atomic E-state index is -4.99. The molecule has 1 fully saturated rings. The Balaban J connectivity index is 1.45. The van der Waals surface area contributed by atoms with Crippen molar-refractivity contribution in [2.75, 3.05) is 25.4 Å². The van der Waals surface area contributed by atoms with Crippen molar-refractivity contribution in [1.82, 2.24) is 14.7 Å². The standard InChI is InChI=1S/C29H38N8O10S2/c1-29(2)21(26(39)37(29)47-49(42,43)44)13-23(38)25(22-17-48-28(32)33-22)34-46-24(27(40)41)16-45-20-7-5-18(6-8-20)19-14-35(11-3-9-30)36(15-19)12-4-10-31/h5-8,14-15,17,21,24H,3-4,9-13,16,30-31H2,1-2H3,(H3-,32,33,40,41,42,43,44)/p+1/b34-25-. The molecule has 8 N–H and O–H groups in total. The third-order valence-electron chi connectivity index (χ3n) is 7.69. The third kappa shape index (κ3) is 9.37. The monoisotopic (exact) mass is 723 g/mol. The van der Waals surface area contributed by atoms with E-state index in [9.17, 15) is 27.9 Å². The summed E-state index contributed by atoms with van der Waals surface area (Å²) in [6, 6.07) is 7.01. The molecule has 1 aromatic carbocycles. The third-order valence-corrected chi connectivity index (χ3v) is 8.70. The normalized spacial score (nSPS) is 16.7. The lowest BCUT2D eigenvalue weighted by atomic mass is 9.74. The number of benzene rings is 1. The van der Waals surface area contributed by atoms with Crippen molar-refractivity contribution in [1.29, 1.82) is 0 Å². The molecule has 3 heterocycles. The van der Waals surface area contributed by atoms with Crippen LogP contribution in [0.2, 0.25) is 0 Å². The van der Waals surface area contributed by atoms with Gasteiger partial charge in [-0.05, 0) is 51.1 Å². The van der Waals surface area contributed by atoms with Crippen LogP contribution in [0.15, 0.2) is 47.2 Å². The van der Waals surface area contributed by atoms with E-state index in [1.165, 1.54) is 19.2 Å². The molecule has 4 rings (SSSR count). The number of Topliss-reactive ketones (excluding diaryl/α,β-unsaturated/α-hetero) is 1. The molecule has 1 amide bonds. The second-order valence-corrected chi connectivity index (χ2v) is 13.5. The van der Waals surface area contributed by atoms with E-state index in [4.69, 9.17) is 31.3 Å². The average Bonchev–Trinajstić information content (AvgIpc) is 3.67. The number of aryl methyl sites for hydroxylation is 2. The Kier molecular flexibility index (Phi) is 12.1. The molecule has 1 aliphatic heterocycles. The van der Waals surface area contributed by atoms with Gasteiger partial charge in [0.1, 0.15) is 18.1 Å². The molecule has 18 nitrogen and oxygen atoms in total. The number of anilines is 1. The molecule has 0 spiro atoms. The van der Waals surface area contributed by atoms with Crippen LogP contribution in [-0.4, -0.2) is 87.5 Å². The first kappa shape index (κ1) is 37.4. The van der Waals surface area contributed by atoms with Crippen LogP contribution in [0.4, 0.5) is 5.13 Å². The number of thiazole rings is 1. The highest BCUT2D eigenvalue weighted by Gasteiger charge is 2.57. The molecule has 266 valence electrons. The van der Waals surface area contributed by atoms with Crippen LogP contribution in [0.5, 0.6) is 5.75 Å². The van der Waals surface area contributed by atoms with Crippen molar-refractivity contribution >= 4 is 50.2 Å². The van der Waals surface area contributed by atoms with Gasteiger partial charge in [0.15, 0.2) is 23.2 Å². The molecular formula is C29H39N8O10S2+. The minimum absolute atomic E-state index is 0.0232. The number of carbonyl (C=O) groups is 3. The molecule has 2 aromatic heterocycles. The van der Waals surface area contributed by atoms with Gasteiger partial charge in [-0.25, -0.2) is 9.78 Å². The van der Waals surface area contributed by atoms with E-state index >= 15 is 0 Å². The molecule has 0 saturated carbocycles. The summed E-state index contributed by atoms with van der Waals surface area (Å²) in [4.78, 5) is 47.3. The molecule has 0 radical (unpaired) electrons. The summed E-state index contributed by atoms with van der Waals surface area (Å²) in [5, 5.41) is 15.5. The number of nitrogens with zero attached hydrogens (tertiary/aromatic N) is 5. The van der Waals surface area contributed by atoms with E-state index < -0.39 is 64.4 Å². The van der Waals surface area contributed by atoms with E-state index in [2.05, 4.69) is 23.8 Å². The fourth-order valence-corrected chi connectivity index (χ4v) is 6.01. The number of amides is 1. The Morgan fingerprint density at radius 3 is 2.43 bits per heavy atom. The molecule has 1 saturated heterocycles. The van der Waals surface area contributed by atoms with Crippen molar-refractivity contribution < 1.29 is 51.0 Å². The van der Waals surface area contributed by atoms with Crippen molar-refractivity contribution in [2.45, 2.75) is 57.8 Å². The Hall–Kier alpha value is -4.47. The summed E-state index contributed by atoms with van der Waals surface area (Å²) < 4.78 is 45.4. The molecular weight excluding hydrogens is 684 g/mol. The zero-order chi connectivity index (χ0) is 35.9. The quantitative estimate of drug-likeness (QED) is 0.0368. The number of hydrogen-bond donors (Lipinski definition) is 5. The Morgan fingerprint density at radius 1 is 1.16 bits per heavy atom. The Labute approximate surface area is 285 Å². The summed E-state index contributed by atoms with van der Waals surface area (Å²) in [6.07, 6.45) is 3.53. The number of nitrogen functional groups attached to an aromatic ring is 1. The maximum atomic E-state index is 13.4. The first-order chi connectivity index (χ1) is 23.1. The first-order valence-electron chi connectivity index (χ1n) is 15.1. The second kappa shape index (κ2) is 15.8. The number of β-lactam (4-membered cyclic amide) rings is 1. The number of ether oxygens (including phenoxy) is 1. The van der Waals surface area contributed by atoms with Gasteiger partial charge in [0.25, 0.3) is 12.0 Å². The number of carboxylic acid groups (broad SMARTS) is 1. The zero-order valence-corrected chi connectivity index (χ0v) is 28.4. The van der Waals surface area contributed by atoms with Crippen LogP contribution >= 0.6 is 11.3 Å². The van der Waals surface area contributed by atoms with E-state index in [0.717, 1.165) is 48.4 Å². The Morgan fingerprint density at radius 2 is 1.86 bits per heavy atom. The van der Waals surface area contributed by atoms with Crippen LogP contribution in [0, 0.1) is 5.92 Å². The lowest BCUT2D eigenvalue weighted by molar-refractivity contribution is -0.775. The van der Waals surface area contributed by atoms with Gasteiger partial charge in [-0.1, -0.05) is 17.3 Å². The van der Waals surface area contributed by atoms with E-state index in [0.29, 0.717) is 23.9 Å². The van der Waals surface area contributed by atoms with Crippen LogP contribution in [-0.2, 0) is 47.0 Å². The van der Waals surface area contributed by atoms with Crippen molar-refractivity contribution in [3.8, 4) is 16.9 Å². The van der Waals surface area contributed by atoms with Gasteiger partial charge in [-0.3, -0.25) is 14.1 Å². The lowest BCUT2D eigenvalue weighted by Gasteiger charge is -2.50. The highest BCUT2D eigenvalue weighted by molar-refractivity contribution is 7.80. The van der Waals surface area contributed by atoms with Crippen molar-refractivity contribution in [3.63, 3.8) is 0 Å². The second-order valence-electron chi connectivity index (χ2n) is 11.6. The summed E-state index contributed by atoms with van der Waals surface area (Å²) in [5.74, 6) is -3.81. The molecule has 0 aliphatic carbocycles.